The SMILES string of the molecule is COC(=O)c1ccc(C(O[Si](C)(C)C)C2=CC2(C(=O)OC)C(=O)OC)cc1. The maximum Gasteiger partial charge on any atom is 0.337 e. The number of carbonyl (C=O) groups is 3. The zero-order chi connectivity index (χ0) is 20.4. The molecule has 1 aliphatic carbocycles. The van der Waals surface area contributed by atoms with Gasteiger partial charge >= 0.3 is 17.9 Å². The zero-order valence-electron chi connectivity index (χ0n) is 16.3. The predicted octanol–water partition coefficient (Wildman–Crippen LogP) is 2.64. The third-order valence-electron chi connectivity index (χ3n) is 4.15. The van der Waals surface area contributed by atoms with Gasteiger partial charge in [0.25, 0.3) is 0 Å². The number of hydrogen-bond acceptors (Lipinski definition) is 7. The van der Waals surface area contributed by atoms with Crippen LogP contribution in [0.4, 0.5) is 0 Å². The molecule has 0 fully saturated rings. The molecule has 0 radical (unpaired) electrons. The predicted molar refractivity (Wildman–Crippen MR) is 99.5 cm³/mol. The van der Waals surface area contributed by atoms with E-state index in [1.54, 1.807) is 24.3 Å². The van der Waals surface area contributed by atoms with E-state index in [1.807, 2.05) is 19.6 Å². The number of rotatable bonds is 7. The highest BCUT2D eigenvalue weighted by molar-refractivity contribution is 6.69. The van der Waals surface area contributed by atoms with Crippen LogP contribution in [0, 0.1) is 5.41 Å². The number of hydrogen-bond donors (Lipinski definition) is 0. The van der Waals surface area contributed by atoms with Gasteiger partial charge in [-0.25, -0.2) is 4.79 Å². The second kappa shape index (κ2) is 7.65. The van der Waals surface area contributed by atoms with Crippen molar-refractivity contribution in [2.45, 2.75) is 25.7 Å². The Kier molecular flexibility index (Phi) is 5.91. The van der Waals surface area contributed by atoms with Crippen LogP contribution >= 0.6 is 0 Å². The summed E-state index contributed by atoms with van der Waals surface area (Å²) in [4.78, 5) is 36.3. The smallest absolute Gasteiger partial charge is 0.337 e. The Hall–Kier alpha value is -2.45. The lowest BCUT2D eigenvalue weighted by Gasteiger charge is -2.28. The molecule has 1 unspecified atom stereocenters. The lowest BCUT2D eigenvalue weighted by Crippen LogP contribution is -2.35. The quantitative estimate of drug-likeness (QED) is 0.232. The van der Waals surface area contributed by atoms with E-state index in [2.05, 4.69) is 0 Å². The van der Waals surface area contributed by atoms with Gasteiger partial charge < -0.3 is 18.6 Å². The van der Waals surface area contributed by atoms with Crippen molar-refractivity contribution >= 4 is 26.2 Å². The molecule has 1 aliphatic rings. The standard InChI is InChI=1S/C19H24O7Si/c1-23-16(20)13-9-7-12(8-10-13)15(26-27(4,5)6)14-11-19(14,17(21)24-2)18(22)25-3/h7-11,15H,1-6H3. The van der Waals surface area contributed by atoms with Gasteiger partial charge in [-0.2, -0.15) is 0 Å². The molecule has 0 amide bonds. The Morgan fingerprint density at radius 1 is 0.889 bits per heavy atom. The van der Waals surface area contributed by atoms with Gasteiger partial charge in [-0.1, -0.05) is 12.1 Å². The number of benzene rings is 1. The summed E-state index contributed by atoms with van der Waals surface area (Å²) in [5, 5.41) is 0. The molecule has 7 nitrogen and oxygen atoms in total. The summed E-state index contributed by atoms with van der Waals surface area (Å²) in [6, 6.07) is 6.66. The first kappa shape index (κ1) is 20.9. The average molecular weight is 392 g/mol. The largest absolute Gasteiger partial charge is 0.468 e. The van der Waals surface area contributed by atoms with E-state index in [0.717, 1.165) is 0 Å². The van der Waals surface area contributed by atoms with Crippen molar-refractivity contribution in [2.24, 2.45) is 5.41 Å². The van der Waals surface area contributed by atoms with Crippen molar-refractivity contribution in [3.63, 3.8) is 0 Å². The lowest BCUT2D eigenvalue weighted by atomic mass is 9.94. The van der Waals surface area contributed by atoms with Crippen molar-refractivity contribution in [1.29, 1.82) is 0 Å². The van der Waals surface area contributed by atoms with Crippen molar-refractivity contribution in [3.05, 3.63) is 47.0 Å². The summed E-state index contributed by atoms with van der Waals surface area (Å²) in [6.45, 7) is 6.01. The Morgan fingerprint density at radius 2 is 1.41 bits per heavy atom. The number of ether oxygens (including phenoxy) is 3. The van der Waals surface area contributed by atoms with E-state index >= 15 is 0 Å². The van der Waals surface area contributed by atoms with E-state index in [-0.39, 0.29) is 0 Å². The third-order valence-corrected chi connectivity index (χ3v) is 5.09. The first-order chi connectivity index (χ1) is 12.6. The van der Waals surface area contributed by atoms with Gasteiger partial charge in [-0.3, -0.25) is 9.59 Å². The summed E-state index contributed by atoms with van der Waals surface area (Å²) >= 11 is 0. The van der Waals surface area contributed by atoms with E-state index < -0.39 is 37.7 Å². The van der Waals surface area contributed by atoms with Gasteiger partial charge in [0.2, 0.25) is 5.41 Å². The van der Waals surface area contributed by atoms with Crippen LogP contribution in [0.1, 0.15) is 22.0 Å². The fourth-order valence-corrected chi connectivity index (χ4v) is 3.79. The molecular weight excluding hydrogens is 368 g/mol. The molecule has 0 bridgehead atoms. The topological polar surface area (TPSA) is 88.1 Å². The van der Waals surface area contributed by atoms with Crippen LogP contribution in [0.5, 0.6) is 0 Å². The molecule has 0 heterocycles. The molecule has 0 N–H and O–H groups in total. The normalized spacial score (nSPS) is 16.0. The summed E-state index contributed by atoms with van der Waals surface area (Å²) < 4.78 is 20.6. The molecule has 0 aliphatic heterocycles. The first-order valence-corrected chi connectivity index (χ1v) is 11.8. The lowest BCUT2D eigenvalue weighted by molar-refractivity contribution is -0.160. The van der Waals surface area contributed by atoms with Crippen molar-refractivity contribution in [2.75, 3.05) is 21.3 Å². The van der Waals surface area contributed by atoms with Crippen molar-refractivity contribution in [1.82, 2.24) is 0 Å². The molecule has 1 atom stereocenters. The molecular formula is C19H24O7Si. The minimum atomic E-state index is -2.06. The van der Waals surface area contributed by atoms with Crippen LogP contribution in [0.25, 0.3) is 0 Å². The van der Waals surface area contributed by atoms with Gasteiger partial charge in [0, 0.05) is 0 Å². The highest BCUT2D eigenvalue weighted by Crippen LogP contribution is 2.54. The molecule has 0 saturated heterocycles. The maximum atomic E-state index is 12.3. The molecule has 1 aromatic carbocycles. The highest BCUT2D eigenvalue weighted by atomic mass is 28.4. The van der Waals surface area contributed by atoms with E-state index in [0.29, 0.717) is 16.7 Å². The van der Waals surface area contributed by atoms with E-state index in [1.165, 1.54) is 27.4 Å². The Balaban J connectivity index is 2.42. The van der Waals surface area contributed by atoms with Crippen LogP contribution in [-0.4, -0.2) is 47.6 Å². The zero-order valence-corrected chi connectivity index (χ0v) is 17.3. The maximum absolute atomic E-state index is 12.3. The minimum Gasteiger partial charge on any atom is -0.468 e. The second-order valence-corrected chi connectivity index (χ2v) is 11.6. The summed E-state index contributed by atoms with van der Waals surface area (Å²) in [5.74, 6) is -1.87. The molecule has 0 spiro atoms. The van der Waals surface area contributed by atoms with Gasteiger partial charge in [-0.05, 0) is 49.0 Å². The van der Waals surface area contributed by atoms with Gasteiger partial charge in [0.1, 0.15) is 0 Å². The average Bonchev–Trinajstić information content (AvgIpc) is 3.40. The molecule has 0 saturated carbocycles. The number of methoxy groups -OCH3 is 3. The molecule has 1 aromatic rings. The van der Waals surface area contributed by atoms with Crippen LogP contribution in [0.15, 0.2) is 35.9 Å². The second-order valence-electron chi connectivity index (χ2n) is 7.11. The summed E-state index contributed by atoms with van der Waals surface area (Å²) in [7, 11) is 1.69. The van der Waals surface area contributed by atoms with Crippen LogP contribution < -0.4 is 0 Å². The molecule has 146 valence electrons. The number of carbonyl (C=O) groups excluding carboxylic acids is 3. The first-order valence-electron chi connectivity index (χ1n) is 8.37. The Bertz CT molecular complexity index is 758. The number of esters is 3. The van der Waals surface area contributed by atoms with Gasteiger partial charge in [-0.15, -0.1) is 0 Å². The van der Waals surface area contributed by atoms with Crippen LogP contribution in [0.2, 0.25) is 19.6 Å². The Morgan fingerprint density at radius 3 is 1.81 bits per heavy atom. The molecule has 0 aromatic heterocycles. The fourth-order valence-electron chi connectivity index (χ4n) is 2.81. The van der Waals surface area contributed by atoms with Crippen molar-refractivity contribution in [3.8, 4) is 0 Å². The van der Waals surface area contributed by atoms with E-state index in [9.17, 15) is 14.4 Å². The minimum absolute atomic E-state index is 0.393. The highest BCUT2D eigenvalue weighted by Gasteiger charge is 2.62. The Labute approximate surface area is 159 Å². The van der Waals surface area contributed by atoms with E-state index in [4.69, 9.17) is 18.6 Å². The third kappa shape index (κ3) is 4.11. The summed E-state index contributed by atoms with van der Waals surface area (Å²) in [5.41, 5.74) is 0.0277. The monoisotopic (exact) mass is 392 g/mol. The fraction of sp³-hybridized carbons (Fsp3) is 0.421. The summed E-state index contributed by atoms with van der Waals surface area (Å²) in [6.07, 6.45) is 0.894. The van der Waals surface area contributed by atoms with Crippen molar-refractivity contribution < 1.29 is 33.0 Å². The van der Waals surface area contributed by atoms with Crippen LogP contribution in [0.3, 0.4) is 0 Å². The molecule has 27 heavy (non-hydrogen) atoms. The van der Waals surface area contributed by atoms with Gasteiger partial charge in [0.15, 0.2) is 8.32 Å². The molecule has 8 heteroatoms. The molecule has 2 rings (SSSR count). The van der Waals surface area contributed by atoms with Crippen LogP contribution in [-0.2, 0) is 28.2 Å². The van der Waals surface area contributed by atoms with Gasteiger partial charge in [0.05, 0.1) is 33.0 Å².